The monoisotopic (exact) mass is 381 g/mol. The molecule has 4 heterocycles. The zero-order valence-corrected chi connectivity index (χ0v) is 15.9. The minimum atomic E-state index is 0.611. The predicted octanol–water partition coefficient (Wildman–Crippen LogP) is 3.88. The van der Waals surface area contributed by atoms with Crippen LogP contribution < -0.4 is 0 Å². The lowest BCUT2D eigenvalue weighted by Gasteiger charge is -2.12. The highest BCUT2D eigenvalue weighted by Gasteiger charge is 2.19. The second-order valence-electron chi connectivity index (χ2n) is 6.79. The number of aryl methyl sites for hydroxylation is 1. The first-order chi connectivity index (χ1) is 14.3. The first kappa shape index (κ1) is 17.1. The summed E-state index contributed by atoms with van der Waals surface area (Å²) in [5.74, 6) is 0.620. The SMILES string of the molecule is Cc1cc(Cn2cnc(-c3ccccc3)c2-c2cccn2-c2ncccn2)n[nH]1. The third-order valence-electron chi connectivity index (χ3n) is 4.74. The van der Waals surface area contributed by atoms with Crippen molar-refractivity contribution in [1.29, 1.82) is 0 Å². The topological polar surface area (TPSA) is 77.2 Å². The van der Waals surface area contributed by atoms with Crippen molar-refractivity contribution in [3.05, 3.63) is 90.9 Å². The zero-order chi connectivity index (χ0) is 19.6. The van der Waals surface area contributed by atoms with E-state index in [9.17, 15) is 0 Å². The largest absolute Gasteiger partial charge is 0.323 e. The lowest BCUT2D eigenvalue weighted by molar-refractivity contribution is 0.768. The van der Waals surface area contributed by atoms with Gasteiger partial charge in [0.15, 0.2) is 0 Å². The van der Waals surface area contributed by atoms with Gasteiger partial charge in [0.1, 0.15) is 0 Å². The Balaban J connectivity index is 1.68. The number of imidazole rings is 1. The molecule has 0 unspecified atom stereocenters. The molecule has 0 aliphatic rings. The van der Waals surface area contributed by atoms with Gasteiger partial charge in [0.25, 0.3) is 0 Å². The molecule has 0 aliphatic heterocycles. The normalized spacial score (nSPS) is 11.1. The van der Waals surface area contributed by atoms with Gasteiger partial charge in [0, 0.05) is 29.8 Å². The van der Waals surface area contributed by atoms with Crippen LogP contribution in [0.5, 0.6) is 0 Å². The molecular weight excluding hydrogens is 362 g/mol. The van der Waals surface area contributed by atoms with E-state index in [-0.39, 0.29) is 0 Å². The summed E-state index contributed by atoms with van der Waals surface area (Å²) in [6, 6.07) is 18.1. The second-order valence-corrected chi connectivity index (χ2v) is 6.79. The maximum Gasteiger partial charge on any atom is 0.234 e. The third-order valence-corrected chi connectivity index (χ3v) is 4.74. The van der Waals surface area contributed by atoms with E-state index >= 15 is 0 Å². The van der Waals surface area contributed by atoms with E-state index in [1.807, 2.05) is 60.4 Å². The van der Waals surface area contributed by atoms with Crippen molar-refractivity contribution in [1.82, 2.24) is 34.3 Å². The van der Waals surface area contributed by atoms with Gasteiger partial charge in [-0.05, 0) is 31.2 Å². The van der Waals surface area contributed by atoms with Crippen LogP contribution >= 0.6 is 0 Å². The molecule has 1 N–H and O–H groups in total. The van der Waals surface area contributed by atoms with E-state index in [4.69, 9.17) is 4.98 Å². The molecule has 1 aromatic carbocycles. The quantitative estimate of drug-likeness (QED) is 0.501. The summed E-state index contributed by atoms with van der Waals surface area (Å²) in [7, 11) is 0. The number of hydrogen-bond donors (Lipinski definition) is 1. The second kappa shape index (κ2) is 7.20. The Bertz CT molecular complexity index is 1230. The van der Waals surface area contributed by atoms with Crippen molar-refractivity contribution < 1.29 is 0 Å². The highest BCUT2D eigenvalue weighted by Crippen LogP contribution is 2.32. The molecule has 0 saturated carbocycles. The molecule has 0 saturated heterocycles. The number of H-pyrrole nitrogens is 1. The van der Waals surface area contributed by atoms with E-state index in [0.29, 0.717) is 12.5 Å². The van der Waals surface area contributed by atoms with Crippen LogP contribution in [-0.4, -0.2) is 34.3 Å². The van der Waals surface area contributed by atoms with Crippen LogP contribution in [0.3, 0.4) is 0 Å². The molecule has 5 aromatic rings. The van der Waals surface area contributed by atoms with Crippen LogP contribution in [0, 0.1) is 6.92 Å². The average Bonchev–Trinajstić information content (AvgIpc) is 3.49. The number of aromatic amines is 1. The minimum absolute atomic E-state index is 0.611. The molecule has 0 atom stereocenters. The maximum absolute atomic E-state index is 4.75. The van der Waals surface area contributed by atoms with E-state index in [2.05, 4.69) is 42.9 Å². The van der Waals surface area contributed by atoms with E-state index < -0.39 is 0 Å². The standard InChI is InChI=1S/C22H19N7/c1-16-13-18(27-26-16)14-28-15-25-20(17-7-3-2-4-8-17)21(28)19-9-5-12-29(19)22-23-10-6-11-24-22/h2-13,15H,14H2,1H3,(H,26,27). The molecule has 7 heteroatoms. The van der Waals surface area contributed by atoms with Crippen molar-refractivity contribution in [2.45, 2.75) is 13.5 Å². The average molecular weight is 381 g/mol. The predicted molar refractivity (Wildman–Crippen MR) is 110 cm³/mol. The van der Waals surface area contributed by atoms with Crippen LogP contribution in [0.25, 0.3) is 28.6 Å². The Morgan fingerprint density at radius 2 is 1.76 bits per heavy atom. The Morgan fingerprint density at radius 1 is 0.931 bits per heavy atom. The number of aromatic nitrogens is 7. The fourth-order valence-corrected chi connectivity index (χ4v) is 3.47. The lowest BCUT2D eigenvalue weighted by Crippen LogP contribution is -2.06. The summed E-state index contributed by atoms with van der Waals surface area (Å²) in [5, 5.41) is 7.40. The summed E-state index contributed by atoms with van der Waals surface area (Å²) in [6.45, 7) is 2.61. The summed E-state index contributed by atoms with van der Waals surface area (Å²) in [4.78, 5) is 13.6. The number of hydrogen-bond acceptors (Lipinski definition) is 4. The molecular formula is C22H19N7. The van der Waals surface area contributed by atoms with Crippen molar-refractivity contribution >= 4 is 0 Å². The number of benzene rings is 1. The summed E-state index contributed by atoms with van der Waals surface area (Å²) >= 11 is 0. The molecule has 4 aromatic heterocycles. The maximum atomic E-state index is 4.75. The van der Waals surface area contributed by atoms with Crippen molar-refractivity contribution in [3.8, 4) is 28.6 Å². The van der Waals surface area contributed by atoms with Gasteiger partial charge in [0.2, 0.25) is 5.95 Å². The van der Waals surface area contributed by atoms with Gasteiger partial charge in [-0.2, -0.15) is 5.10 Å². The van der Waals surface area contributed by atoms with Crippen LogP contribution in [0.2, 0.25) is 0 Å². The van der Waals surface area contributed by atoms with Crippen molar-refractivity contribution in [3.63, 3.8) is 0 Å². The first-order valence-corrected chi connectivity index (χ1v) is 9.36. The van der Waals surface area contributed by atoms with Gasteiger partial charge in [-0.15, -0.1) is 0 Å². The molecule has 7 nitrogen and oxygen atoms in total. The van der Waals surface area contributed by atoms with E-state index in [0.717, 1.165) is 34.0 Å². The Hall–Kier alpha value is -4.00. The minimum Gasteiger partial charge on any atom is -0.323 e. The van der Waals surface area contributed by atoms with Crippen molar-refractivity contribution in [2.75, 3.05) is 0 Å². The van der Waals surface area contributed by atoms with Gasteiger partial charge in [-0.1, -0.05) is 30.3 Å². The molecule has 0 aliphatic carbocycles. The molecule has 0 amide bonds. The lowest BCUT2D eigenvalue weighted by atomic mass is 10.1. The highest BCUT2D eigenvalue weighted by atomic mass is 15.2. The fourth-order valence-electron chi connectivity index (χ4n) is 3.47. The smallest absolute Gasteiger partial charge is 0.234 e. The van der Waals surface area contributed by atoms with Gasteiger partial charge < -0.3 is 4.57 Å². The van der Waals surface area contributed by atoms with Gasteiger partial charge >= 0.3 is 0 Å². The molecule has 0 radical (unpaired) electrons. The van der Waals surface area contributed by atoms with Gasteiger partial charge in [-0.3, -0.25) is 9.67 Å². The Morgan fingerprint density at radius 3 is 2.52 bits per heavy atom. The van der Waals surface area contributed by atoms with Crippen LogP contribution in [-0.2, 0) is 6.54 Å². The number of rotatable bonds is 5. The van der Waals surface area contributed by atoms with Crippen molar-refractivity contribution in [2.24, 2.45) is 0 Å². The summed E-state index contributed by atoms with van der Waals surface area (Å²) < 4.78 is 4.10. The molecule has 142 valence electrons. The van der Waals surface area contributed by atoms with Crippen LogP contribution in [0.15, 0.2) is 79.5 Å². The Kier molecular flexibility index (Phi) is 4.25. The van der Waals surface area contributed by atoms with Crippen LogP contribution in [0.1, 0.15) is 11.4 Å². The third kappa shape index (κ3) is 3.23. The number of nitrogens with zero attached hydrogens (tertiary/aromatic N) is 6. The molecule has 0 spiro atoms. The van der Waals surface area contributed by atoms with Gasteiger partial charge in [0.05, 0.1) is 35.6 Å². The zero-order valence-electron chi connectivity index (χ0n) is 15.9. The fraction of sp³-hybridized carbons (Fsp3) is 0.0909. The molecule has 0 bridgehead atoms. The molecule has 5 rings (SSSR count). The first-order valence-electron chi connectivity index (χ1n) is 9.36. The summed E-state index contributed by atoms with van der Waals surface area (Å²) in [5.41, 5.74) is 5.92. The summed E-state index contributed by atoms with van der Waals surface area (Å²) in [6.07, 6.45) is 7.32. The van der Waals surface area contributed by atoms with Crippen LogP contribution in [0.4, 0.5) is 0 Å². The number of nitrogens with one attached hydrogen (secondary N) is 1. The molecule has 0 fully saturated rings. The van der Waals surface area contributed by atoms with E-state index in [1.54, 1.807) is 12.4 Å². The molecule has 29 heavy (non-hydrogen) atoms. The van der Waals surface area contributed by atoms with Gasteiger partial charge in [-0.25, -0.2) is 15.0 Å². The Labute approximate surface area is 167 Å². The van der Waals surface area contributed by atoms with E-state index in [1.165, 1.54) is 0 Å². The highest BCUT2D eigenvalue weighted by molar-refractivity contribution is 5.77.